The Kier molecular flexibility index (Phi) is 1.70. The van der Waals surface area contributed by atoms with E-state index < -0.39 is 5.92 Å². The van der Waals surface area contributed by atoms with Crippen molar-refractivity contribution < 1.29 is 13.2 Å². The third kappa shape index (κ3) is 5.35. The Balaban J connectivity index is 3.72. The van der Waals surface area contributed by atoms with Crippen molar-refractivity contribution in [2.45, 2.75) is 12.8 Å². The Hall–Kier alpha value is -0.650. The first kappa shape index (κ1) is 6.35. The van der Waals surface area contributed by atoms with Gasteiger partial charge in [0.1, 0.15) is 6.17 Å². The molecule has 0 saturated heterocycles. The molecule has 0 fully saturated rings. The van der Waals surface area contributed by atoms with Crippen LogP contribution in [-0.4, -0.2) is 5.92 Å². The SMILES string of the molecule is CC(F)(F)C#CF. The van der Waals surface area contributed by atoms with Crippen molar-refractivity contribution >= 4 is 0 Å². The summed E-state index contributed by atoms with van der Waals surface area (Å²) in [6, 6.07) is 0. The highest BCUT2D eigenvalue weighted by Crippen LogP contribution is 2.07. The molecule has 0 heterocycles. The summed E-state index contributed by atoms with van der Waals surface area (Å²) in [5.74, 6) is -2.15. The molecule has 0 aromatic carbocycles. The van der Waals surface area contributed by atoms with Gasteiger partial charge in [-0.15, -0.1) is 4.39 Å². The molecule has 0 aromatic rings. The van der Waals surface area contributed by atoms with E-state index >= 15 is 0 Å². The highest BCUT2D eigenvalue weighted by atomic mass is 19.3. The van der Waals surface area contributed by atoms with Crippen LogP contribution in [0, 0.1) is 12.1 Å². The molecule has 0 aliphatic rings. The number of rotatable bonds is 0. The first-order valence-corrected chi connectivity index (χ1v) is 1.57. The Bertz CT molecular complexity index is 100. The highest BCUT2D eigenvalue weighted by Gasteiger charge is 2.15. The zero-order chi connectivity index (χ0) is 5.91. The second kappa shape index (κ2) is 1.87. The summed E-state index contributed by atoms with van der Waals surface area (Å²) in [5, 5.41) is 0. The van der Waals surface area contributed by atoms with Gasteiger partial charge in [-0.2, -0.15) is 8.78 Å². The van der Waals surface area contributed by atoms with Gasteiger partial charge in [-0.3, -0.25) is 0 Å². The molecular weight excluding hydrogens is 105 g/mol. The van der Waals surface area contributed by atoms with E-state index in [2.05, 4.69) is 0 Å². The van der Waals surface area contributed by atoms with E-state index in [1.165, 1.54) is 0 Å². The number of hydrogen-bond acceptors (Lipinski definition) is 0. The van der Waals surface area contributed by atoms with Gasteiger partial charge in [0.2, 0.25) is 0 Å². The fourth-order valence-corrected chi connectivity index (χ4v) is 0.0830. The van der Waals surface area contributed by atoms with Gasteiger partial charge in [0.15, 0.2) is 0 Å². The van der Waals surface area contributed by atoms with Crippen LogP contribution in [0.4, 0.5) is 13.2 Å². The standard InChI is InChI=1S/C4H3F3/c1-4(6,7)2-3-5/h1H3. The molecule has 3 heteroatoms. The minimum absolute atomic E-state index is 0.527. The van der Waals surface area contributed by atoms with Gasteiger partial charge >= 0.3 is 5.92 Å². The highest BCUT2D eigenvalue weighted by molar-refractivity contribution is 5.01. The average Bonchev–Trinajstić information content (AvgIpc) is 1.30. The van der Waals surface area contributed by atoms with E-state index in [0.29, 0.717) is 13.1 Å². The fourth-order valence-electron chi connectivity index (χ4n) is 0.0830. The van der Waals surface area contributed by atoms with E-state index in [1.807, 2.05) is 0 Å². The van der Waals surface area contributed by atoms with Gasteiger partial charge in [0.05, 0.1) is 0 Å². The van der Waals surface area contributed by atoms with Crippen LogP contribution in [0.15, 0.2) is 0 Å². The smallest absolute Gasteiger partial charge is 0.192 e. The Morgan fingerprint density at radius 1 is 1.43 bits per heavy atom. The lowest BCUT2D eigenvalue weighted by atomic mass is 10.4. The van der Waals surface area contributed by atoms with Gasteiger partial charge in [0, 0.05) is 12.8 Å². The lowest BCUT2D eigenvalue weighted by molar-refractivity contribution is 0.0884. The minimum atomic E-state index is -3.19. The van der Waals surface area contributed by atoms with Crippen molar-refractivity contribution in [1.82, 2.24) is 0 Å². The largest absolute Gasteiger partial charge is 0.307 e. The summed E-state index contributed by atoms with van der Waals surface area (Å²) in [7, 11) is 0. The van der Waals surface area contributed by atoms with Crippen molar-refractivity contribution in [3.63, 3.8) is 0 Å². The molecule has 0 aromatic heterocycles. The quantitative estimate of drug-likeness (QED) is 0.413. The third-order valence-electron chi connectivity index (χ3n) is 0.267. The molecule has 0 bridgehead atoms. The fraction of sp³-hybridized carbons (Fsp3) is 0.500. The van der Waals surface area contributed by atoms with Crippen LogP contribution in [0.2, 0.25) is 0 Å². The van der Waals surface area contributed by atoms with Gasteiger partial charge in [-0.05, 0) is 0 Å². The van der Waals surface area contributed by atoms with E-state index in [1.54, 1.807) is 0 Å². The molecular formula is C4H3F3. The van der Waals surface area contributed by atoms with Crippen molar-refractivity contribution in [2.75, 3.05) is 0 Å². The molecule has 0 radical (unpaired) electrons. The molecule has 40 valence electrons. The predicted molar refractivity (Wildman–Crippen MR) is 19.5 cm³/mol. The minimum Gasteiger partial charge on any atom is -0.192 e. The first-order valence-electron chi connectivity index (χ1n) is 1.57. The van der Waals surface area contributed by atoms with Crippen LogP contribution < -0.4 is 0 Å². The van der Waals surface area contributed by atoms with Gasteiger partial charge < -0.3 is 0 Å². The number of alkyl halides is 2. The molecule has 0 amide bonds. The zero-order valence-electron chi connectivity index (χ0n) is 3.63. The van der Waals surface area contributed by atoms with Gasteiger partial charge in [-0.1, -0.05) is 0 Å². The Morgan fingerprint density at radius 2 is 1.86 bits per heavy atom. The van der Waals surface area contributed by atoms with Crippen LogP contribution in [0.25, 0.3) is 0 Å². The van der Waals surface area contributed by atoms with Crippen LogP contribution >= 0.6 is 0 Å². The van der Waals surface area contributed by atoms with E-state index in [-0.39, 0.29) is 0 Å². The Morgan fingerprint density at radius 3 is 1.86 bits per heavy atom. The molecule has 0 aliphatic carbocycles. The maximum absolute atomic E-state index is 11.3. The van der Waals surface area contributed by atoms with Crippen molar-refractivity contribution in [1.29, 1.82) is 0 Å². The van der Waals surface area contributed by atoms with Gasteiger partial charge in [-0.25, -0.2) is 0 Å². The summed E-state index contributed by atoms with van der Waals surface area (Å²) in [6.45, 7) is 0.527. The summed E-state index contributed by atoms with van der Waals surface area (Å²) in [5.41, 5.74) is 0. The molecule has 0 unspecified atom stereocenters. The van der Waals surface area contributed by atoms with Crippen molar-refractivity contribution in [3.05, 3.63) is 0 Å². The first-order chi connectivity index (χ1) is 3.06. The average molecular weight is 108 g/mol. The summed E-state index contributed by atoms with van der Waals surface area (Å²) in [4.78, 5) is 0. The lowest BCUT2D eigenvalue weighted by Crippen LogP contribution is -2.03. The third-order valence-corrected chi connectivity index (χ3v) is 0.267. The molecule has 7 heavy (non-hydrogen) atoms. The van der Waals surface area contributed by atoms with Crippen molar-refractivity contribution in [3.8, 4) is 12.1 Å². The number of hydrogen-bond donors (Lipinski definition) is 0. The lowest BCUT2D eigenvalue weighted by Gasteiger charge is -1.93. The second-order valence-electron chi connectivity index (χ2n) is 1.11. The Labute approximate surface area is 39.3 Å². The molecule has 0 aliphatic heterocycles. The van der Waals surface area contributed by atoms with Crippen LogP contribution in [0.3, 0.4) is 0 Å². The predicted octanol–water partition coefficient (Wildman–Crippen LogP) is 1.57. The van der Waals surface area contributed by atoms with E-state index in [4.69, 9.17) is 0 Å². The zero-order valence-corrected chi connectivity index (χ0v) is 3.63. The molecule has 0 atom stereocenters. The molecule has 0 N–H and O–H groups in total. The van der Waals surface area contributed by atoms with E-state index in [0.717, 1.165) is 5.92 Å². The maximum atomic E-state index is 11.3. The van der Waals surface area contributed by atoms with Crippen LogP contribution in [0.1, 0.15) is 6.92 Å². The topological polar surface area (TPSA) is 0 Å². The summed E-state index contributed by atoms with van der Waals surface area (Å²) >= 11 is 0. The van der Waals surface area contributed by atoms with Gasteiger partial charge in [0.25, 0.3) is 0 Å². The van der Waals surface area contributed by atoms with E-state index in [9.17, 15) is 13.2 Å². The molecule has 0 spiro atoms. The number of halogens is 3. The normalized spacial score (nSPS) is 9.71. The second-order valence-corrected chi connectivity index (χ2v) is 1.11. The summed E-state index contributed by atoms with van der Waals surface area (Å²) in [6.07, 6.45) is 0.608. The monoisotopic (exact) mass is 108 g/mol. The van der Waals surface area contributed by atoms with Crippen molar-refractivity contribution in [2.24, 2.45) is 0 Å². The molecule has 0 nitrogen and oxygen atoms in total. The molecule has 0 saturated carbocycles. The maximum Gasteiger partial charge on any atom is 0.307 e. The molecule has 0 rings (SSSR count). The van der Waals surface area contributed by atoms with Crippen LogP contribution in [-0.2, 0) is 0 Å². The van der Waals surface area contributed by atoms with Crippen LogP contribution in [0.5, 0.6) is 0 Å². The summed E-state index contributed by atoms with van der Waals surface area (Å²) < 4.78 is 33.3.